The number of benzene rings is 1. The average Bonchev–Trinajstić information content (AvgIpc) is 2.68. The number of aromatic nitrogens is 1. The summed E-state index contributed by atoms with van der Waals surface area (Å²) in [4.78, 5) is 21.6. The van der Waals surface area contributed by atoms with E-state index in [1.54, 1.807) is 6.20 Å². The second kappa shape index (κ2) is 8.85. The molecule has 1 aromatic carbocycles. The minimum absolute atomic E-state index is 0.169. The van der Waals surface area contributed by atoms with Crippen molar-refractivity contribution in [3.8, 4) is 6.07 Å². The van der Waals surface area contributed by atoms with Gasteiger partial charge in [0.1, 0.15) is 11.4 Å². The number of aryl methyl sites for hydroxylation is 1. The maximum atomic E-state index is 12.6. The Morgan fingerprint density at radius 2 is 1.93 bits per heavy atom. The second-order valence-corrected chi connectivity index (χ2v) is 7.31. The average molecular weight is 378 g/mol. The Labute approximate surface area is 166 Å². The summed E-state index contributed by atoms with van der Waals surface area (Å²) in [7, 11) is 0. The van der Waals surface area contributed by atoms with E-state index in [0.29, 0.717) is 11.4 Å². The highest BCUT2D eigenvalue weighted by Crippen LogP contribution is 2.24. The fourth-order valence-corrected chi connectivity index (χ4v) is 3.43. The molecule has 1 saturated heterocycles. The third kappa shape index (κ3) is 4.49. The Balaban J connectivity index is 1.71. The van der Waals surface area contributed by atoms with Crippen molar-refractivity contribution < 1.29 is 9.53 Å². The zero-order valence-electron chi connectivity index (χ0n) is 16.7. The molecule has 146 valence electrons. The molecule has 0 radical (unpaired) electrons. The number of esters is 1. The summed E-state index contributed by atoms with van der Waals surface area (Å²) in [6.07, 6.45) is 1.57. The van der Waals surface area contributed by atoms with Crippen LogP contribution in [0.3, 0.4) is 0 Å². The van der Waals surface area contributed by atoms with Crippen LogP contribution in [-0.4, -0.2) is 48.1 Å². The van der Waals surface area contributed by atoms with Crippen LogP contribution in [0.5, 0.6) is 0 Å². The highest BCUT2D eigenvalue weighted by atomic mass is 16.5. The molecule has 1 fully saturated rings. The second-order valence-electron chi connectivity index (χ2n) is 7.31. The van der Waals surface area contributed by atoms with E-state index in [1.165, 1.54) is 0 Å². The lowest BCUT2D eigenvalue weighted by atomic mass is 10.1. The first-order chi connectivity index (χ1) is 13.5. The third-order valence-corrected chi connectivity index (χ3v) is 4.89. The number of nitriles is 1. The molecule has 0 bridgehead atoms. The predicted octanol–water partition coefficient (Wildman–Crippen LogP) is 3.15. The summed E-state index contributed by atoms with van der Waals surface area (Å²) in [5, 5.41) is 9.28. The van der Waals surface area contributed by atoms with Gasteiger partial charge in [0.15, 0.2) is 0 Å². The standard InChI is InChI=1S/C22H26N4O2/c1-16(2)28-22(27)20-17(3)8-9-24-21(20)26-12-10-25(11-13-26)15-19-7-5-4-6-18(19)14-23/h4-9,16H,10-13,15H2,1-3H3. The van der Waals surface area contributed by atoms with Gasteiger partial charge in [-0.05, 0) is 44.0 Å². The lowest BCUT2D eigenvalue weighted by Crippen LogP contribution is -2.46. The fraction of sp³-hybridized carbons (Fsp3) is 0.409. The summed E-state index contributed by atoms with van der Waals surface area (Å²) in [5.41, 5.74) is 3.21. The monoisotopic (exact) mass is 378 g/mol. The van der Waals surface area contributed by atoms with Crippen molar-refractivity contribution in [3.05, 3.63) is 58.8 Å². The van der Waals surface area contributed by atoms with Crippen molar-refractivity contribution in [3.63, 3.8) is 0 Å². The normalized spacial score (nSPS) is 14.8. The zero-order chi connectivity index (χ0) is 20.1. The maximum absolute atomic E-state index is 12.6. The van der Waals surface area contributed by atoms with Gasteiger partial charge >= 0.3 is 5.97 Å². The molecule has 0 spiro atoms. The van der Waals surface area contributed by atoms with Crippen molar-refractivity contribution in [2.75, 3.05) is 31.1 Å². The first kappa shape index (κ1) is 19.8. The molecule has 0 N–H and O–H groups in total. The number of carbonyl (C=O) groups excluding carboxylic acids is 1. The minimum Gasteiger partial charge on any atom is -0.459 e. The molecular formula is C22H26N4O2. The number of piperazine rings is 1. The van der Waals surface area contributed by atoms with Gasteiger partial charge in [0, 0.05) is 38.9 Å². The van der Waals surface area contributed by atoms with Crippen LogP contribution in [0.25, 0.3) is 0 Å². The van der Waals surface area contributed by atoms with E-state index < -0.39 is 0 Å². The van der Waals surface area contributed by atoms with Crippen molar-refractivity contribution in [1.29, 1.82) is 5.26 Å². The van der Waals surface area contributed by atoms with Gasteiger partial charge in [-0.25, -0.2) is 9.78 Å². The number of carbonyl (C=O) groups is 1. The van der Waals surface area contributed by atoms with Crippen LogP contribution >= 0.6 is 0 Å². The maximum Gasteiger partial charge on any atom is 0.342 e. The van der Waals surface area contributed by atoms with E-state index in [1.807, 2.05) is 51.1 Å². The fourth-order valence-electron chi connectivity index (χ4n) is 3.43. The van der Waals surface area contributed by atoms with Gasteiger partial charge < -0.3 is 9.64 Å². The zero-order valence-corrected chi connectivity index (χ0v) is 16.7. The van der Waals surface area contributed by atoms with E-state index >= 15 is 0 Å². The summed E-state index contributed by atoms with van der Waals surface area (Å²) in [5.74, 6) is 0.378. The quantitative estimate of drug-likeness (QED) is 0.745. The minimum atomic E-state index is -0.319. The van der Waals surface area contributed by atoms with Gasteiger partial charge in [-0.2, -0.15) is 5.26 Å². The highest BCUT2D eigenvalue weighted by Gasteiger charge is 2.25. The van der Waals surface area contributed by atoms with Crippen molar-refractivity contribution in [2.24, 2.45) is 0 Å². The van der Waals surface area contributed by atoms with Crippen molar-refractivity contribution in [2.45, 2.75) is 33.4 Å². The Kier molecular flexibility index (Phi) is 6.27. The number of pyridine rings is 1. The van der Waals surface area contributed by atoms with Gasteiger partial charge in [-0.1, -0.05) is 18.2 Å². The predicted molar refractivity (Wildman–Crippen MR) is 108 cm³/mol. The Hall–Kier alpha value is -2.91. The molecule has 0 aliphatic carbocycles. The van der Waals surface area contributed by atoms with Gasteiger partial charge in [0.25, 0.3) is 0 Å². The Bertz CT molecular complexity index is 880. The molecule has 0 amide bonds. The van der Waals surface area contributed by atoms with Crippen LogP contribution in [0, 0.1) is 18.3 Å². The lowest BCUT2D eigenvalue weighted by molar-refractivity contribution is 0.0377. The number of hydrogen-bond donors (Lipinski definition) is 0. The number of anilines is 1. The number of rotatable bonds is 5. The van der Waals surface area contributed by atoms with Crippen LogP contribution in [0.4, 0.5) is 5.82 Å². The summed E-state index contributed by atoms with van der Waals surface area (Å²) in [6.45, 7) is 9.59. The molecule has 1 aliphatic rings. The lowest BCUT2D eigenvalue weighted by Gasteiger charge is -2.36. The van der Waals surface area contributed by atoms with E-state index in [9.17, 15) is 10.1 Å². The highest BCUT2D eigenvalue weighted by molar-refractivity contribution is 5.96. The van der Waals surface area contributed by atoms with Gasteiger partial charge in [-0.3, -0.25) is 4.90 Å². The summed E-state index contributed by atoms with van der Waals surface area (Å²) < 4.78 is 5.43. The molecule has 28 heavy (non-hydrogen) atoms. The molecule has 0 atom stereocenters. The first-order valence-corrected chi connectivity index (χ1v) is 9.61. The summed E-state index contributed by atoms with van der Waals surface area (Å²) in [6, 6.07) is 11.8. The van der Waals surface area contributed by atoms with Crippen LogP contribution in [0.15, 0.2) is 36.5 Å². The van der Waals surface area contributed by atoms with Crippen LogP contribution < -0.4 is 4.90 Å². The summed E-state index contributed by atoms with van der Waals surface area (Å²) >= 11 is 0. The molecule has 3 rings (SSSR count). The Morgan fingerprint density at radius 3 is 2.61 bits per heavy atom. The van der Waals surface area contributed by atoms with Crippen LogP contribution in [-0.2, 0) is 11.3 Å². The number of ether oxygens (including phenoxy) is 1. The van der Waals surface area contributed by atoms with E-state index in [4.69, 9.17) is 4.74 Å². The third-order valence-electron chi connectivity index (χ3n) is 4.89. The largest absolute Gasteiger partial charge is 0.459 e. The van der Waals surface area contributed by atoms with Gasteiger partial charge in [0.2, 0.25) is 0 Å². The van der Waals surface area contributed by atoms with Gasteiger partial charge in [0.05, 0.1) is 17.7 Å². The van der Waals surface area contributed by atoms with Crippen molar-refractivity contribution in [1.82, 2.24) is 9.88 Å². The van der Waals surface area contributed by atoms with Crippen LogP contribution in [0.1, 0.15) is 40.9 Å². The molecule has 1 aromatic heterocycles. The molecule has 2 aromatic rings. The van der Waals surface area contributed by atoms with Gasteiger partial charge in [-0.15, -0.1) is 0 Å². The SMILES string of the molecule is Cc1ccnc(N2CCN(Cc3ccccc3C#N)CC2)c1C(=O)OC(C)C. The smallest absolute Gasteiger partial charge is 0.342 e. The van der Waals surface area contributed by atoms with Crippen molar-refractivity contribution >= 4 is 11.8 Å². The number of hydrogen-bond acceptors (Lipinski definition) is 6. The molecule has 2 heterocycles. The molecular weight excluding hydrogens is 352 g/mol. The van der Waals surface area contributed by atoms with E-state index in [-0.39, 0.29) is 12.1 Å². The topological polar surface area (TPSA) is 69.5 Å². The van der Waals surface area contributed by atoms with E-state index in [0.717, 1.165) is 49.4 Å². The molecule has 0 unspecified atom stereocenters. The molecule has 6 nitrogen and oxygen atoms in total. The molecule has 0 saturated carbocycles. The number of nitrogens with zero attached hydrogens (tertiary/aromatic N) is 4. The first-order valence-electron chi connectivity index (χ1n) is 9.61. The molecule has 1 aliphatic heterocycles. The molecule has 6 heteroatoms. The van der Waals surface area contributed by atoms with Crippen LogP contribution in [0.2, 0.25) is 0 Å². The van der Waals surface area contributed by atoms with E-state index in [2.05, 4.69) is 20.9 Å². The Morgan fingerprint density at radius 1 is 1.21 bits per heavy atom.